The Hall–Kier alpha value is -2.39. The number of nitrogens with zero attached hydrogens (tertiary/aromatic N) is 4. The van der Waals surface area contributed by atoms with Gasteiger partial charge in [-0.15, -0.1) is 0 Å². The van der Waals surface area contributed by atoms with Crippen molar-refractivity contribution in [3.63, 3.8) is 0 Å². The number of likely N-dealkylation sites (N-methyl/N-ethyl adjacent to an activating group) is 1. The van der Waals surface area contributed by atoms with Gasteiger partial charge in [0.2, 0.25) is 5.91 Å². The van der Waals surface area contributed by atoms with Crippen LogP contribution in [-0.4, -0.2) is 55.2 Å². The van der Waals surface area contributed by atoms with Gasteiger partial charge in [0.25, 0.3) is 0 Å². The van der Waals surface area contributed by atoms with Gasteiger partial charge in [-0.3, -0.25) is 9.48 Å². The average molecular weight is 472 g/mol. The molecule has 3 aliphatic rings. The van der Waals surface area contributed by atoms with Gasteiger partial charge in [-0.25, -0.2) is 9.03 Å². The Morgan fingerprint density at radius 3 is 2.42 bits per heavy atom. The molecule has 5 rings (SSSR count). The number of carbonyl (C=O) groups excluding carboxylic acids is 1. The van der Waals surface area contributed by atoms with E-state index < -0.39 is 16.1 Å². The minimum atomic E-state index is -4.08. The minimum absolute atomic E-state index is 0.121. The third-order valence-electron chi connectivity index (χ3n) is 7.31. The van der Waals surface area contributed by atoms with Crippen LogP contribution in [0.4, 0.5) is 5.69 Å². The highest BCUT2D eigenvalue weighted by molar-refractivity contribution is 7.91. The van der Waals surface area contributed by atoms with Crippen LogP contribution in [-0.2, 0) is 54.2 Å². The van der Waals surface area contributed by atoms with Gasteiger partial charge in [0.15, 0.2) is 0 Å². The van der Waals surface area contributed by atoms with Crippen LogP contribution in [0.1, 0.15) is 53.5 Å². The van der Waals surface area contributed by atoms with E-state index in [0.29, 0.717) is 12.2 Å². The Bertz CT molecular complexity index is 1140. The van der Waals surface area contributed by atoms with E-state index in [2.05, 4.69) is 20.8 Å². The fraction of sp³-hybridized carbons (Fsp3) is 0.583. The standard InChI is InChI=1S/C24H33N5O3S/c1-27-11-5-8-19(15-27)29(20-14-25-28(2)16-20)33(31,32)26-24(30)13-23-21-9-3-6-17(21)12-18-7-4-10-22(18)23/h12,14,16,19H,3-11,13,15H2,1-2H3,(H,26,30). The summed E-state index contributed by atoms with van der Waals surface area (Å²) in [5, 5.41) is 4.17. The molecule has 1 aromatic carbocycles. The number of nitrogens with one attached hydrogen (secondary N) is 1. The van der Waals surface area contributed by atoms with Gasteiger partial charge in [-0.2, -0.15) is 13.5 Å². The Labute approximate surface area is 196 Å². The summed E-state index contributed by atoms with van der Waals surface area (Å²) in [6, 6.07) is 2.08. The molecule has 0 radical (unpaired) electrons. The molecular weight excluding hydrogens is 438 g/mol. The van der Waals surface area contributed by atoms with Crippen molar-refractivity contribution in [2.75, 3.05) is 24.4 Å². The van der Waals surface area contributed by atoms with Crippen LogP contribution in [0.2, 0.25) is 0 Å². The molecule has 1 atom stereocenters. The molecule has 0 saturated carbocycles. The number of likely N-dealkylation sites (tertiary alicyclic amines) is 1. The molecule has 1 unspecified atom stereocenters. The van der Waals surface area contributed by atoms with Crippen molar-refractivity contribution in [1.82, 2.24) is 19.4 Å². The Balaban J connectivity index is 1.41. The van der Waals surface area contributed by atoms with Crippen molar-refractivity contribution in [2.24, 2.45) is 7.05 Å². The molecule has 8 nitrogen and oxygen atoms in total. The highest BCUT2D eigenvalue weighted by Gasteiger charge is 2.35. The average Bonchev–Trinajstić information content (AvgIpc) is 3.48. The first-order valence-corrected chi connectivity index (χ1v) is 13.4. The lowest BCUT2D eigenvalue weighted by Crippen LogP contribution is -2.54. The summed E-state index contributed by atoms with van der Waals surface area (Å²) in [6.07, 6.45) is 11.3. The van der Waals surface area contributed by atoms with Crippen LogP contribution in [0, 0.1) is 0 Å². The number of hydrogen-bond donors (Lipinski definition) is 1. The lowest BCUT2D eigenvalue weighted by atomic mass is 9.92. The molecule has 0 spiro atoms. The number of piperidine rings is 1. The topological polar surface area (TPSA) is 87.5 Å². The predicted octanol–water partition coefficient (Wildman–Crippen LogP) is 1.90. The number of hydrogen-bond acceptors (Lipinski definition) is 5. The monoisotopic (exact) mass is 471 g/mol. The van der Waals surface area contributed by atoms with Crippen molar-refractivity contribution in [2.45, 2.75) is 63.8 Å². The van der Waals surface area contributed by atoms with E-state index in [-0.39, 0.29) is 12.5 Å². The van der Waals surface area contributed by atoms with Gasteiger partial charge in [0.05, 0.1) is 24.3 Å². The van der Waals surface area contributed by atoms with Crippen LogP contribution in [0.3, 0.4) is 0 Å². The molecule has 2 aromatic rings. The molecule has 9 heteroatoms. The Morgan fingerprint density at radius 1 is 1.12 bits per heavy atom. The molecular formula is C24H33N5O3S. The minimum Gasteiger partial charge on any atom is -0.304 e. The van der Waals surface area contributed by atoms with E-state index in [1.165, 1.54) is 26.6 Å². The molecule has 178 valence electrons. The summed E-state index contributed by atoms with van der Waals surface area (Å²) in [5.41, 5.74) is 6.82. The summed E-state index contributed by atoms with van der Waals surface area (Å²) < 4.78 is 32.5. The highest BCUT2D eigenvalue weighted by atomic mass is 32.2. The third kappa shape index (κ3) is 4.40. The molecule has 1 N–H and O–H groups in total. The Morgan fingerprint density at radius 2 is 1.82 bits per heavy atom. The van der Waals surface area contributed by atoms with Crippen LogP contribution < -0.4 is 9.03 Å². The summed E-state index contributed by atoms with van der Waals surface area (Å²) >= 11 is 0. The van der Waals surface area contributed by atoms with Gasteiger partial charge < -0.3 is 4.90 Å². The zero-order valence-electron chi connectivity index (χ0n) is 19.5. The van der Waals surface area contributed by atoms with Crippen molar-refractivity contribution < 1.29 is 13.2 Å². The van der Waals surface area contributed by atoms with Gasteiger partial charge >= 0.3 is 10.2 Å². The zero-order chi connectivity index (χ0) is 23.2. The third-order valence-corrected chi connectivity index (χ3v) is 8.83. The quantitative estimate of drug-likeness (QED) is 0.695. The van der Waals surface area contributed by atoms with Gasteiger partial charge in [0, 0.05) is 19.8 Å². The van der Waals surface area contributed by atoms with E-state index in [1.807, 2.05) is 7.05 Å². The first-order chi connectivity index (χ1) is 15.8. The fourth-order valence-corrected chi connectivity index (χ4v) is 7.33. The molecule has 1 fully saturated rings. The molecule has 1 aromatic heterocycles. The van der Waals surface area contributed by atoms with Crippen LogP contribution in [0.15, 0.2) is 18.5 Å². The molecule has 1 saturated heterocycles. The first kappa shape index (κ1) is 22.4. The summed E-state index contributed by atoms with van der Waals surface area (Å²) in [6.45, 7) is 1.55. The van der Waals surface area contributed by atoms with E-state index in [1.54, 1.807) is 24.1 Å². The van der Waals surface area contributed by atoms with E-state index in [0.717, 1.165) is 63.5 Å². The van der Waals surface area contributed by atoms with Crippen molar-refractivity contribution in [3.8, 4) is 0 Å². The van der Waals surface area contributed by atoms with Gasteiger partial charge in [-0.1, -0.05) is 6.07 Å². The van der Waals surface area contributed by atoms with E-state index in [4.69, 9.17) is 0 Å². The van der Waals surface area contributed by atoms with Crippen LogP contribution >= 0.6 is 0 Å². The smallest absolute Gasteiger partial charge is 0.304 e. The molecule has 1 aliphatic heterocycles. The van der Waals surface area contributed by atoms with Crippen LogP contribution in [0.5, 0.6) is 0 Å². The normalized spacial score (nSPS) is 20.5. The lowest BCUT2D eigenvalue weighted by Gasteiger charge is -2.37. The van der Waals surface area contributed by atoms with Gasteiger partial charge in [0.1, 0.15) is 0 Å². The first-order valence-electron chi connectivity index (χ1n) is 12.0. The second-order valence-electron chi connectivity index (χ2n) is 9.77. The van der Waals surface area contributed by atoms with E-state index >= 15 is 0 Å². The lowest BCUT2D eigenvalue weighted by molar-refractivity contribution is -0.118. The maximum Gasteiger partial charge on any atom is 0.326 e. The number of rotatable bonds is 6. The molecule has 1 amide bonds. The number of benzene rings is 1. The van der Waals surface area contributed by atoms with Crippen molar-refractivity contribution in [1.29, 1.82) is 0 Å². The Kier molecular flexibility index (Phi) is 5.95. The second kappa shape index (κ2) is 8.76. The van der Waals surface area contributed by atoms with Gasteiger partial charge in [-0.05, 0) is 92.8 Å². The second-order valence-corrected chi connectivity index (χ2v) is 11.3. The number of carbonyl (C=O) groups is 1. The molecule has 33 heavy (non-hydrogen) atoms. The summed E-state index contributed by atoms with van der Waals surface area (Å²) in [4.78, 5) is 15.3. The maximum absolute atomic E-state index is 13.6. The maximum atomic E-state index is 13.6. The van der Waals surface area contributed by atoms with Crippen molar-refractivity contribution >= 4 is 21.8 Å². The van der Waals surface area contributed by atoms with Crippen molar-refractivity contribution in [3.05, 3.63) is 46.3 Å². The SMILES string of the molecule is CN1CCCC(N(c2cnn(C)c2)S(=O)(=O)NC(=O)Cc2c3c(cc4c2CCC4)CCC3)C1. The number of fused-ring (bicyclic) bond motifs is 2. The molecule has 2 aliphatic carbocycles. The summed E-state index contributed by atoms with van der Waals surface area (Å²) in [7, 11) is -0.323. The zero-order valence-corrected chi connectivity index (χ0v) is 20.3. The predicted molar refractivity (Wildman–Crippen MR) is 127 cm³/mol. The van der Waals surface area contributed by atoms with E-state index in [9.17, 15) is 13.2 Å². The number of aryl methyl sites for hydroxylation is 3. The number of amides is 1. The summed E-state index contributed by atoms with van der Waals surface area (Å²) in [5.74, 6) is -0.456. The fourth-order valence-electron chi connectivity index (χ4n) is 5.94. The molecule has 0 bridgehead atoms. The highest BCUT2D eigenvalue weighted by Crippen LogP contribution is 2.35. The number of aromatic nitrogens is 2. The molecule has 2 heterocycles. The largest absolute Gasteiger partial charge is 0.326 e. The number of anilines is 1. The van der Waals surface area contributed by atoms with Crippen LogP contribution in [0.25, 0.3) is 0 Å².